The van der Waals surface area contributed by atoms with Gasteiger partial charge in [0.25, 0.3) is 5.91 Å². The standard InChI is InChI=1S/C21H30N4O3/c1-20(2)11-15(12-21(3,4)25-20)22-19(26)16-10-14(23-24-16)13-28-18-9-7-6-8-17(18)27-5/h6-10,15,25H,11-13H2,1-5H3,(H,22,26)(H,23,24). The monoisotopic (exact) mass is 386 g/mol. The number of para-hydroxylation sites is 2. The number of hydrogen-bond acceptors (Lipinski definition) is 5. The summed E-state index contributed by atoms with van der Waals surface area (Å²) in [6.07, 6.45) is 1.74. The Kier molecular flexibility index (Phi) is 5.65. The van der Waals surface area contributed by atoms with Crippen LogP contribution in [0, 0.1) is 0 Å². The predicted molar refractivity (Wildman–Crippen MR) is 108 cm³/mol. The first-order chi connectivity index (χ1) is 13.2. The fourth-order valence-corrected chi connectivity index (χ4v) is 4.13. The molecule has 1 aromatic heterocycles. The Morgan fingerprint density at radius 2 is 1.82 bits per heavy atom. The lowest BCUT2D eigenvalue weighted by molar-refractivity contribution is 0.0868. The van der Waals surface area contributed by atoms with Gasteiger partial charge in [0, 0.05) is 17.1 Å². The number of piperidine rings is 1. The quantitative estimate of drug-likeness (QED) is 0.710. The van der Waals surface area contributed by atoms with Gasteiger partial charge in [-0.2, -0.15) is 5.10 Å². The van der Waals surface area contributed by atoms with Crippen LogP contribution in [-0.2, 0) is 6.61 Å². The van der Waals surface area contributed by atoms with Crippen LogP contribution >= 0.6 is 0 Å². The number of nitrogens with one attached hydrogen (secondary N) is 3. The van der Waals surface area contributed by atoms with Crippen LogP contribution in [0.4, 0.5) is 0 Å². The first-order valence-corrected chi connectivity index (χ1v) is 9.58. The van der Waals surface area contributed by atoms with Crippen LogP contribution in [0.15, 0.2) is 30.3 Å². The SMILES string of the molecule is COc1ccccc1OCc1cc(C(=O)NC2CC(C)(C)NC(C)(C)C2)n[nH]1. The second-order valence-electron chi connectivity index (χ2n) is 8.69. The number of carbonyl (C=O) groups excluding carboxylic acids is 1. The van der Waals surface area contributed by atoms with Crippen LogP contribution in [0.1, 0.15) is 56.7 Å². The number of ether oxygens (including phenoxy) is 2. The van der Waals surface area contributed by atoms with Gasteiger partial charge in [0.1, 0.15) is 12.3 Å². The van der Waals surface area contributed by atoms with Crippen LogP contribution in [0.3, 0.4) is 0 Å². The van der Waals surface area contributed by atoms with E-state index < -0.39 is 0 Å². The summed E-state index contributed by atoms with van der Waals surface area (Å²) in [6.45, 7) is 8.92. The van der Waals surface area contributed by atoms with E-state index in [4.69, 9.17) is 9.47 Å². The molecule has 0 radical (unpaired) electrons. The van der Waals surface area contributed by atoms with Gasteiger partial charge < -0.3 is 20.1 Å². The molecule has 7 heteroatoms. The van der Waals surface area contributed by atoms with Gasteiger partial charge in [-0.05, 0) is 58.7 Å². The maximum atomic E-state index is 12.6. The summed E-state index contributed by atoms with van der Waals surface area (Å²) in [7, 11) is 1.60. The number of amides is 1. The van der Waals surface area contributed by atoms with E-state index in [0.717, 1.165) is 18.5 Å². The minimum absolute atomic E-state index is 0.0288. The highest BCUT2D eigenvalue weighted by atomic mass is 16.5. The molecule has 2 heterocycles. The molecule has 0 spiro atoms. The van der Waals surface area contributed by atoms with E-state index in [-0.39, 0.29) is 29.6 Å². The number of aromatic nitrogens is 2. The highest BCUT2D eigenvalue weighted by molar-refractivity contribution is 5.92. The summed E-state index contributed by atoms with van der Waals surface area (Å²) < 4.78 is 11.1. The van der Waals surface area contributed by atoms with Crippen LogP contribution < -0.4 is 20.1 Å². The third-order valence-electron chi connectivity index (χ3n) is 4.84. The van der Waals surface area contributed by atoms with E-state index in [2.05, 4.69) is 48.5 Å². The summed E-state index contributed by atoms with van der Waals surface area (Å²) in [5, 5.41) is 13.8. The number of benzene rings is 1. The molecule has 3 rings (SSSR count). The van der Waals surface area contributed by atoms with E-state index in [9.17, 15) is 4.79 Å². The maximum Gasteiger partial charge on any atom is 0.271 e. The summed E-state index contributed by atoms with van der Waals surface area (Å²) >= 11 is 0. The van der Waals surface area contributed by atoms with E-state index >= 15 is 0 Å². The minimum Gasteiger partial charge on any atom is -0.493 e. The molecule has 7 nitrogen and oxygen atoms in total. The van der Waals surface area contributed by atoms with Crippen molar-refractivity contribution in [1.29, 1.82) is 0 Å². The van der Waals surface area contributed by atoms with E-state index in [0.29, 0.717) is 17.2 Å². The molecule has 152 valence electrons. The van der Waals surface area contributed by atoms with Crippen molar-refractivity contribution in [3.8, 4) is 11.5 Å². The Labute approximate surface area is 166 Å². The molecule has 0 unspecified atom stereocenters. The average molecular weight is 386 g/mol. The lowest BCUT2D eigenvalue weighted by atomic mass is 9.79. The Bertz CT molecular complexity index is 813. The molecular weight excluding hydrogens is 356 g/mol. The Morgan fingerprint density at radius 3 is 2.46 bits per heavy atom. The molecule has 0 bridgehead atoms. The number of methoxy groups -OCH3 is 1. The molecule has 0 saturated carbocycles. The Morgan fingerprint density at radius 1 is 1.18 bits per heavy atom. The van der Waals surface area contributed by atoms with Crippen molar-refractivity contribution in [3.63, 3.8) is 0 Å². The number of rotatable bonds is 6. The first kappa shape index (κ1) is 20.2. The highest BCUT2D eigenvalue weighted by Crippen LogP contribution is 2.29. The fraction of sp³-hybridized carbons (Fsp3) is 0.524. The van der Waals surface area contributed by atoms with Crippen LogP contribution in [-0.4, -0.2) is 40.3 Å². The molecule has 1 fully saturated rings. The van der Waals surface area contributed by atoms with Crippen molar-refractivity contribution >= 4 is 5.91 Å². The van der Waals surface area contributed by atoms with Crippen LogP contribution in [0.25, 0.3) is 0 Å². The van der Waals surface area contributed by atoms with Gasteiger partial charge in [0.15, 0.2) is 11.5 Å². The van der Waals surface area contributed by atoms with Crippen molar-refractivity contribution in [3.05, 3.63) is 41.7 Å². The molecule has 2 aromatic rings. The third-order valence-corrected chi connectivity index (χ3v) is 4.84. The number of aromatic amines is 1. The molecule has 0 atom stereocenters. The summed E-state index contributed by atoms with van der Waals surface area (Å²) in [6, 6.07) is 9.26. The lowest BCUT2D eigenvalue weighted by Gasteiger charge is -2.46. The van der Waals surface area contributed by atoms with Gasteiger partial charge in [-0.1, -0.05) is 12.1 Å². The Hall–Kier alpha value is -2.54. The number of H-pyrrole nitrogens is 1. The molecule has 1 aromatic carbocycles. The summed E-state index contributed by atoms with van der Waals surface area (Å²) in [5.74, 6) is 1.14. The molecule has 28 heavy (non-hydrogen) atoms. The van der Waals surface area contributed by atoms with Gasteiger partial charge in [0.2, 0.25) is 0 Å². The minimum atomic E-state index is -0.168. The van der Waals surface area contributed by atoms with Gasteiger partial charge in [-0.25, -0.2) is 0 Å². The smallest absolute Gasteiger partial charge is 0.271 e. The molecule has 1 saturated heterocycles. The van der Waals surface area contributed by atoms with Crippen LogP contribution in [0.2, 0.25) is 0 Å². The molecule has 1 amide bonds. The van der Waals surface area contributed by atoms with Gasteiger partial charge >= 0.3 is 0 Å². The lowest BCUT2D eigenvalue weighted by Crippen LogP contribution is -2.62. The highest BCUT2D eigenvalue weighted by Gasteiger charge is 2.38. The third kappa shape index (κ3) is 5.04. The average Bonchev–Trinajstić information content (AvgIpc) is 3.06. The maximum absolute atomic E-state index is 12.6. The molecule has 3 N–H and O–H groups in total. The second kappa shape index (κ2) is 7.83. The molecule has 0 aliphatic carbocycles. The summed E-state index contributed by atoms with van der Waals surface area (Å²) in [5.41, 5.74) is 1.03. The number of carbonyl (C=O) groups is 1. The molecule has 1 aliphatic rings. The topological polar surface area (TPSA) is 88.3 Å². The fourth-order valence-electron chi connectivity index (χ4n) is 4.13. The first-order valence-electron chi connectivity index (χ1n) is 9.58. The van der Waals surface area contributed by atoms with Crippen molar-refractivity contribution in [1.82, 2.24) is 20.8 Å². The normalized spacial score (nSPS) is 18.5. The van der Waals surface area contributed by atoms with Crippen molar-refractivity contribution in [2.24, 2.45) is 0 Å². The zero-order valence-electron chi connectivity index (χ0n) is 17.3. The second-order valence-corrected chi connectivity index (χ2v) is 8.69. The number of hydrogen-bond donors (Lipinski definition) is 3. The van der Waals surface area contributed by atoms with Gasteiger partial charge in [0.05, 0.1) is 12.8 Å². The van der Waals surface area contributed by atoms with Crippen molar-refractivity contribution in [2.75, 3.05) is 7.11 Å². The zero-order chi connectivity index (χ0) is 20.4. The van der Waals surface area contributed by atoms with Crippen molar-refractivity contribution < 1.29 is 14.3 Å². The van der Waals surface area contributed by atoms with Gasteiger partial charge in [-0.15, -0.1) is 0 Å². The predicted octanol–water partition coefficient (Wildman–Crippen LogP) is 3.04. The molecular formula is C21H30N4O3. The zero-order valence-corrected chi connectivity index (χ0v) is 17.3. The largest absolute Gasteiger partial charge is 0.493 e. The van der Waals surface area contributed by atoms with E-state index in [1.165, 1.54) is 0 Å². The van der Waals surface area contributed by atoms with E-state index in [1.54, 1.807) is 13.2 Å². The number of nitrogens with zero attached hydrogens (tertiary/aromatic N) is 1. The Balaban J connectivity index is 1.59. The van der Waals surface area contributed by atoms with Crippen molar-refractivity contribution in [2.45, 2.75) is 64.3 Å². The van der Waals surface area contributed by atoms with E-state index in [1.807, 2.05) is 24.3 Å². The van der Waals surface area contributed by atoms with Gasteiger partial charge in [-0.3, -0.25) is 9.89 Å². The molecule has 1 aliphatic heterocycles. The summed E-state index contributed by atoms with van der Waals surface area (Å²) in [4.78, 5) is 12.6. The van der Waals surface area contributed by atoms with Crippen LogP contribution in [0.5, 0.6) is 11.5 Å².